The predicted octanol–water partition coefficient (Wildman–Crippen LogP) is 3.30. The zero-order valence-electron chi connectivity index (χ0n) is 12.1. The molecule has 0 radical (unpaired) electrons. The minimum atomic E-state index is 0.196. The summed E-state index contributed by atoms with van der Waals surface area (Å²) in [4.78, 5) is 0. The van der Waals surface area contributed by atoms with E-state index in [1.807, 2.05) is 12.1 Å². The Balaban J connectivity index is 1.71. The highest BCUT2D eigenvalue weighted by Crippen LogP contribution is 2.11. The van der Waals surface area contributed by atoms with E-state index in [-0.39, 0.29) is 6.04 Å². The number of benzene rings is 2. The van der Waals surface area contributed by atoms with Crippen molar-refractivity contribution < 1.29 is 0 Å². The van der Waals surface area contributed by atoms with Gasteiger partial charge >= 0.3 is 0 Å². The number of nitrogens with two attached hydrogens (primary N) is 1. The van der Waals surface area contributed by atoms with Crippen LogP contribution in [0.2, 0.25) is 0 Å². The minimum absolute atomic E-state index is 0.196. The van der Waals surface area contributed by atoms with Crippen LogP contribution in [0, 0.1) is 0 Å². The summed E-state index contributed by atoms with van der Waals surface area (Å²) in [5.74, 6) is 0. The summed E-state index contributed by atoms with van der Waals surface area (Å²) in [6.45, 7) is 3.03. The largest absolute Gasteiger partial charge is 0.327 e. The summed E-state index contributed by atoms with van der Waals surface area (Å²) in [7, 11) is 0. The van der Waals surface area contributed by atoms with E-state index in [4.69, 9.17) is 5.73 Å². The van der Waals surface area contributed by atoms with Gasteiger partial charge in [0.2, 0.25) is 0 Å². The monoisotopic (exact) mass is 268 g/mol. The molecule has 0 heterocycles. The van der Waals surface area contributed by atoms with E-state index in [0.29, 0.717) is 6.04 Å². The van der Waals surface area contributed by atoms with Crippen LogP contribution in [0.4, 0.5) is 0 Å². The molecule has 0 bridgehead atoms. The number of hydrogen-bond donors (Lipinski definition) is 2. The quantitative estimate of drug-likeness (QED) is 0.808. The van der Waals surface area contributed by atoms with E-state index < -0.39 is 0 Å². The van der Waals surface area contributed by atoms with Gasteiger partial charge in [-0.3, -0.25) is 0 Å². The Morgan fingerprint density at radius 3 is 2.20 bits per heavy atom. The molecule has 106 valence electrons. The van der Waals surface area contributed by atoms with E-state index in [0.717, 1.165) is 19.4 Å². The molecule has 2 aromatic carbocycles. The second-order valence-electron chi connectivity index (χ2n) is 5.32. The molecule has 0 fully saturated rings. The molecule has 2 nitrogen and oxygen atoms in total. The summed E-state index contributed by atoms with van der Waals surface area (Å²) >= 11 is 0. The van der Waals surface area contributed by atoms with Crippen LogP contribution in [0.1, 0.15) is 30.5 Å². The topological polar surface area (TPSA) is 38.0 Å². The van der Waals surface area contributed by atoms with Crippen LogP contribution in [-0.2, 0) is 6.42 Å². The summed E-state index contributed by atoms with van der Waals surface area (Å²) in [5.41, 5.74) is 8.85. The fourth-order valence-corrected chi connectivity index (χ4v) is 2.29. The molecule has 20 heavy (non-hydrogen) atoms. The first-order valence-corrected chi connectivity index (χ1v) is 7.33. The molecular formula is C18H24N2. The Bertz CT molecular complexity index is 481. The molecule has 0 unspecified atom stereocenters. The normalized spacial score (nSPS) is 13.9. The maximum atomic E-state index is 6.19. The average molecular weight is 268 g/mol. The van der Waals surface area contributed by atoms with Gasteiger partial charge in [0, 0.05) is 18.6 Å². The summed E-state index contributed by atoms with van der Waals surface area (Å²) < 4.78 is 0. The highest BCUT2D eigenvalue weighted by Gasteiger charge is 2.07. The van der Waals surface area contributed by atoms with Gasteiger partial charge in [-0.05, 0) is 30.9 Å². The van der Waals surface area contributed by atoms with Crippen molar-refractivity contribution in [2.45, 2.75) is 31.8 Å². The maximum Gasteiger partial charge on any atom is 0.0292 e. The van der Waals surface area contributed by atoms with Crippen molar-refractivity contribution in [2.24, 2.45) is 5.73 Å². The van der Waals surface area contributed by atoms with Gasteiger partial charge in [-0.2, -0.15) is 0 Å². The second-order valence-corrected chi connectivity index (χ2v) is 5.32. The molecule has 0 saturated heterocycles. The first-order chi connectivity index (χ1) is 9.75. The molecule has 0 aromatic heterocycles. The third kappa shape index (κ3) is 4.80. The zero-order chi connectivity index (χ0) is 14.2. The third-order valence-electron chi connectivity index (χ3n) is 3.63. The molecule has 2 heteroatoms. The maximum absolute atomic E-state index is 6.19. The Morgan fingerprint density at radius 1 is 0.950 bits per heavy atom. The van der Waals surface area contributed by atoms with Crippen molar-refractivity contribution in [1.82, 2.24) is 5.32 Å². The number of rotatable bonds is 7. The van der Waals surface area contributed by atoms with Crippen molar-refractivity contribution in [3.63, 3.8) is 0 Å². The van der Waals surface area contributed by atoms with Gasteiger partial charge in [0.25, 0.3) is 0 Å². The van der Waals surface area contributed by atoms with Crippen molar-refractivity contribution in [1.29, 1.82) is 0 Å². The molecule has 3 N–H and O–H groups in total. The van der Waals surface area contributed by atoms with Gasteiger partial charge in [0.15, 0.2) is 0 Å². The van der Waals surface area contributed by atoms with Gasteiger partial charge in [-0.1, -0.05) is 60.7 Å². The third-order valence-corrected chi connectivity index (χ3v) is 3.63. The van der Waals surface area contributed by atoms with E-state index in [9.17, 15) is 0 Å². The zero-order valence-corrected chi connectivity index (χ0v) is 12.1. The lowest BCUT2D eigenvalue weighted by Crippen LogP contribution is -2.35. The molecule has 2 atom stereocenters. The van der Waals surface area contributed by atoms with E-state index in [1.54, 1.807) is 0 Å². The SMILES string of the molecule is C[C@@H](NC[C@@H](N)CCc1ccccc1)c1ccccc1. The highest BCUT2D eigenvalue weighted by molar-refractivity contribution is 5.18. The molecule has 2 rings (SSSR count). The van der Waals surface area contributed by atoms with Crippen molar-refractivity contribution in [3.8, 4) is 0 Å². The van der Waals surface area contributed by atoms with Crippen LogP contribution in [0.15, 0.2) is 60.7 Å². The number of nitrogens with one attached hydrogen (secondary N) is 1. The van der Waals surface area contributed by atoms with E-state index in [1.165, 1.54) is 11.1 Å². The van der Waals surface area contributed by atoms with Crippen molar-refractivity contribution >= 4 is 0 Å². The molecule has 0 aliphatic carbocycles. The molecule has 0 aliphatic rings. The molecule has 0 saturated carbocycles. The Hall–Kier alpha value is -1.64. The lowest BCUT2D eigenvalue weighted by molar-refractivity contribution is 0.497. The fourth-order valence-electron chi connectivity index (χ4n) is 2.29. The highest BCUT2D eigenvalue weighted by atomic mass is 14.9. The summed E-state index contributed by atoms with van der Waals surface area (Å²) in [5, 5.41) is 3.51. The van der Waals surface area contributed by atoms with Crippen molar-refractivity contribution in [3.05, 3.63) is 71.8 Å². The number of hydrogen-bond acceptors (Lipinski definition) is 2. The molecule has 0 spiro atoms. The van der Waals surface area contributed by atoms with Crippen LogP contribution >= 0.6 is 0 Å². The van der Waals surface area contributed by atoms with Gasteiger partial charge in [0.1, 0.15) is 0 Å². The van der Waals surface area contributed by atoms with Gasteiger partial charge in [0.05, 0.1) is 0 Å². The molecule has 0 aliphatic heterocycles. The van der Waals surface area contributed by atoms with E-state index in [2.05, 4.69) is 60.8 Å². The summed E-state index contributed by atoms with van der Waals surface area (Å²) in [6, 6.07) is 21.5. The Morgan fingerprint density at radius 2 is 1.55 bits per heavy atom. The van der Waals surface area contributed by atoms with E-state index >= 15 is 0 Å². The minimum Gasteiger partial charge on any atom is -0.327 e. The molecule has 0 amide bonds. The fraction of sp³-hybridized carbons (Fsp3) is 0.333. The average Bonchev–Trinajstić information content (AvgIpc) is 2.52. The predicted molar refractivity (Wildman–Crippen MR) is 85.6 cm³/mol. The van der Waals surface area contributed by atoms with Crippen LogP contribution in [0.25, 0.3) is 0 Å². The smallest absolute Gasteiger partial charge is 0.0292 e. The van der Waals surface area contributed by atoms with Gasteiger partial charge in [-0.25, -0.2) is 0 Å². The Kier molecular flexibility index (Phi) is 5.78. The van der Waals surface area contributed by atoms with Crippen LogP contribution < -0.4 is 11.1 Å². The van der Waals surface area contributed by atoms with Crippen molar-refractivity contribution in [2.75, 3.05) is 6.54 Å². The van der Waals surface area contributed by atoms with Crippen LogP contribution in [0.3, 0.4) is 0 Å². The van der Waals surface area contributed by atoms with Crippen LogP contribution in [-0.4, -0.2) is 12.6 Å². The van der Waals surface area contributed by atoms with Crippen LogP contribution in [0.5, 0.6) is 0 Å². The first-order valence-electron chi connectivity index (χ1n) is 7.33. The lowest BCUT2D eigenvalue weighted by Gasteiger charge is -2.18. The molecular weight excluding hydrogens is 244 g/mol. The van der Waals surface area contributed by atoms with Gasteiger partial charge in [-0.15, -0.1) is 0 Å². The molecule has 2 aromatic rings. The lowest BCUT2D eigenvalue weighted by atomic mass is 10.0. The van der Waals surface area contributed by atoms with Gasteiger partial charge < -0.3 is 11.1 Å². The Labute approximate surface area is 122 Å². The second kappa shape index (κ2) is 7.83. The standard InChI is InChI=1S/C18H24N2/c1-15(17-10-6-3-7-11-17)20-14-18(19)13-12-16-8-4-2-5-9-16/h2-11,15,18,20H,12-14,19H2,1H3/t15-,18+/m1/s1. The number of aryl methyl sites for hydroxylation is 1. The summed E-state index contributed by atoms with van der Waals surface area (Å²) in [6.07, 6.45) is 2.06. The first kappa shape index (κ1) is 14.8.